The van der Waals surface area contributed by atoms with Gasteiger partial charge in [-0.25, -0.2) is 0 Å². The normalized spacial score (nSPS) is 12.6. The molecule has 0 fully saturated rings. The molecule has 0 bridgehead atoms. The van der Waals surface area contributed by atoms with E-state index in [0.29, 0.717) is 11.8 Å². The third-order valence-corrected chi connectivity index (χ3v) is 4.29. The van der Waals surface area contributed by atoms with Crippen molar-refractivity contribution in [1.82, 2.24) is 5.32 Å². The van der Waals surface area contributed by atoms with Crippen molar-refractivity contribution in [1.29, 1.82) is 0 Å². The van der Waals surface area contributed by atoms with Crippen LogP contribution < -0.4 is 10.1 Å². The van der Waals surface area contributed by atoms with Gasteiger partial charge in [-0.2, -0.15) is 0 Å². The van der Waals surface area contributed by atoms with Gasteiger partial charge in [-0.3, -0.25) is 0 Å². The molecule has 2 aromatic carbocycles. The van der Waals surface area contributed by atoms with E-state index in [-0.39, 0.29) is 6.10 Å². The summed E-state index contributed by atoms with van der Waals surface area (Å²) in [7, 11) is 0. The zero-order valence-electron chi connectivity index (χ0n) is 15.5. The first-order valence-corrected chi connectivity index (χ1v) is 9.07. The molecule has 2 rings (SSSR count). The summed E-state index contributed by atoms with van der Waals surface area (Å²) in [6.07, 6.45) is 1.37. The number of nitrogens with one attached hydrogen (secondary N) is 1. The summed E-state index contributed by atoms with van der Waals surface area (Å²) < 4.78 is 5.74. The van der Waals surface area contributed by atoms with E-state index in [2.05, 4.69) is 87.6 Å². The van der Waals surface area contributed by atoms with Crippen LogP contribution in [0.4, 0.5) is 0 Å². The quantitative estimate of drug-likeness (QED) is 0.624. The van der Waals surface area contributed by atoms with Gasteiger partial charge in [0.15, 0.2) is 0 Å². The van der Waals surface area contributed by atoms with Crippen molar-refractivity contribution in [2.75, 3.05) is 6.54 Å². The van der Waals surface area contributed by atoms with E-state index in [1.165, 1.54) is 11.1 Å². The van der Waals surface area contributed by atoms with Gasteiger partial charge in [-0.15, -0.1) is 0 Å². The first-order chi connectivity index (χ1) is 11.6. The van der Waals surface area contributed by atoms with Crippen LogP contribution in [-0.4, -0.2) is 12.6 Å². The Kier molecular flexibility index (Phi) is 7.33. The highest BCUT2D eigenvalue weighted by atomic mass is 16.5. The van der Waals surface area contributed by atoms with Gasteiger partial charge >= 0.3 is 0 Å². The Balaban J connectivity index is 1.87. The maximum atomic E-state index is 5.74. The fourth-order valence-electron chi connectivity index (χ4n) is 3.04. The van der Waals surface area contributed by atoms with Gasteiger partial charge in [0.1, 0.15) is 5.75 Å². The number of benzene rings is 2. The minimum atomic E-state index is 0.221. The largest absolute Gasteiger partial charge is 0.491 e. The smallest absolute Gasteiger partial charge is 0.119 e. The number of rotatable bonds is 9. The SMILES string of the molecule is CC(C)Oc1ccc([C@H](CCNCc2ccccc2)C(C)C)cc1. The second-order valence-electron chi connectivity index (χ2n) is 7.04. The highest BCUT2D eigenvalue weighted by molar-refractivity contribution is 5.30. The summed E-state index contributed by atoms with van der Waals surface area (Å²) in [5.41, 5.74) is 2.75. The third kappa shape index (κ3) is 6.01. The third-order valence-electron chi connectivity index (χ3n) is 4.29. The second kappa shape index (κ2) is 9.48. The highest BCUT2D eigenvalue weighted by Gasteiger charge is 2.15. The predicted octanol–water partition coefficient (Wildman–Crippen LogP) is 5.39. The molecule has 24 heavy (non-hydrogen) atoms. The fraction of sp³-hybridized carbons (Fsp3) is 0.455. The van der Waals surface area contributed by atoms with Crippen LogP contribution in [-0.2, 0) is 6.54 Å². The molecular weight excluding hydrogens is 294 g/mol. The van der Waals surface area contributed by atoms with Crippen LogP contribution in [0.5, 0.6) is 5.75 Å². The van der Waals surface area contributed by atoms with Gasteiger partial charge in [0, 0.05) is 6.54 Å². The molecule has 2 aromatic rings. The van der Waals surface area contributed by atoms with Crippen LogP contribution in [0.3, 0.4) is 0 Å². The van der Waals surface area contributed by atoms with Crippen molar-refractivity contribution >= 4 is 0 Å². The van der Waals surface area contributed by atoms with Crippen molar-refractivity contribution < 1.29 is 4.74 Å². The van der Waals surface area contributed by atoms with Gasteiger partial charge in [0.05, 0.1) is 6.10 Å². The van der Waals surface area contributed by atoms with Crippen molar-refractivity contribution in [2.24, 2.45) is 5.92 Å². The Bertz CT molecular complexity index is 575. The molecule has 0 aromatic heterocycles. The molecule has 0 saturated heterocycles. The van der Waals surface area contributed by atoms with E-state index >= 15 is 0 Å². The molecule has 130 valence electrons. The molecule has 0 aliphatic carbocycles. The minimum absolute atomic E-state index is 0.221. The summed E-state index contributed by atoms with van der Waals surface area (Å²) in [6.45, 7) is 10.7. The topological polar surface area (TPSA) is 21.3 Å². The standard InChI is InChI=1S/C22H31NO/c1-17(2)22(14-15-23-16-19-8-6-5-7-9-19)20-10-12-21(13-11-20)24-18(3)4/h5-13,17-18,22-23H,14-16H2,1-4H3/t22-/m1/s1. The Morgan fingerprint density at radius 3 is 2.12 bits per heavy atom. The van der Waals surface area contributed by atoms with E-state index in [0.717, 1.165) is 25.3 Å². The molecule has 0 unspecified atom stereocenters. The Morgan fingerprint density at radius 2 is 1.54 bits per heavy atom. The molecule has 0 saturated carbocycles. The van der Waals surface area contributed by atoms with E-state index in [9.17, 15) is 0 Å². The van der Waals surface area contributed by atoms with Gasteiger partial charge in [-0.05, 0) is 61.9 Å². The lowest BCUT2D eigenvalue weighted by molar-refractivity contribution is 0.242. The highest BCUT2D eigenvalue weighted by Crippen LogP contribution is 2.29. The maximum Gasteiger partial charge on any atom is 0.119 e. The first kappa shape index (κ1) is 18.5. The molecule has 0 heterocycles. The van der Waals surface area contributed by atoms with Crippen molar-refractivity contribution in [3.05, 3.63) is 65.7 Å². The summed E-state index contributed by atoms with van der Waals surface area (Å²) >= 11 is 0. The summed E-state index contributed by atoms with van der Waals surface area (Å²) in [5, 5.41) is 3.57. The van der Waals surface area contributed by atoms with Crippen molar-refractivity contribution in [2.45, 2.75) is 52.7 Å². The average molecular weight is 325 g/mol. The Morgan fingerprint density at radius 1 is 0.875 bits per heavy atom. The van der Waals surface area contributed by atoms with E-state index < -0.39 is 0 Å². The fourth-order valence-corrected chi connectivity index (χ4v) is 3.04. The Hall–Kier alpha value is -1.80. The molecule has 0 aliphatic heterocycles. The molecule has 0 aliphatic rings. The van der Waals surface area contributed by atoms with E-state index in [1.54, 1.807) is 0 Å². The predicted molar refractivity (Wildman–Crippen MR) is 103 cm³/mol. The first-order valence-electron chi connectivity index (χ1n) is 9.07. The van der Waals surface area contributed by atoms with Gasteiger partial charge in [0.2, 0.25) is 0 Å². The van der Waals surface area contributed by atoms with Crippen LogP contribution in [0.25, 0.3) is 0 Å². The molecule has 2 nitrogen and oxygen atoms in total. The lowest BCUT2D eigenvalue weighted by Gasteiger charge is -2.22. The molecular formula is C22H31NO. The molecule has 0 radical (unpaired) electrons. The summed E-state index contributed by atoms with van der Waals surface area (Å²) in [4.78, 5) is 0. The van der Waals surface area contributed by atoms with Crippen LogP contribution in [0.1, 0.15) is 51.2 Å². The monoisotopic (exact) mass is 325 g/mol. The average Bonchev–Trinajstić information content (AvgIpc) is 2.56. The summed E-state index contributed by atoms with van der Waals surface area (Å²) in [6, 6.07) is 19.2. The molecule has 0 spiro atoms. The van der Waals surface area contributed by atoms with Crippen molar-refractivity contribution in [3.63, 3.8) is 0 Å². The lowest BCUT2D eigenvalue weighted by atomic mass is 9.86. The van der Waals surface area contributed by atoms with Crippen LogP contribution in [0.2, 0.25) is 0 Å². The number of hydrogen-bond donors (Lipinski definition) is 1. The van der Waals surface area contributed by atoms with E-state index in [4.69, 9.17) is 4.74 Å². The molecule has 1 N–H and O–H groups in total. The molecule has 2 heteroatoms. The minimum Gasteiger partial charge on any atom is -0.491 e. The van der Waals surface area contributed by atoms with E-state index in [1.807, 2.05) is 0 Å². The molecule has 0 amide bonds. The summed E-state index contributed by atoms with van der Waals surface area (Å²) in [5.74, 6) is 2.15. The van der Waals surface area contributed by atoms with Crippen molar-refractivity contribution in [3.8, 4) is 5.75 Å². The Labute approximate surface area is 147 Å². The van der Waals surface area contributed by atoms with Crippen LogP contribution >= 0.6 is 0 Å². The van der Waals surface area contributed by atoms with Gasteiger partial charge < -0.3 is 10.1 Å². The zero-order valence-corrected chi connectivity index (χ0v) is 15.5. The van der Waals surface area contributed by atoms with Gasteiger partial charge in [0.25, 0.3) is 0 Å². The van der Waals surface area contributed by atoms with Gasteiger partial charge in [-0.1, -0.05) is 56.3 Å². The lowest BCUT2D eigenvalue weighted by Crippen LogP contribution is -2.19. The van der Waals surface area contributed by atoms with Crippen LogP contribution in [0, 0.1) is 5.92 Å². The molecule has 1 atom stereocenters. The second-order valence-corrected chi connectivity index (χ2v) is 7.04. The maximum absolute atomic E-state index is 5.74. The number of hydrogen-bond acceptors (Lipinski definition) is 2. The number of ether oxygens (including phenoxy) is 1. The van der Waals surface area contributed by atoms with Crippen LogP contribution in [0.15, 0.2) is 54.6 Å². The zero-order chi connectivity index (χ0) is 17.4.